The molecule has 0 spiro atoms. The number of benzene rings is 1. The van der Waals surface area contributed by atoms with Gasteiger partial charge in [-0.3, -0.25) is 19.1 Å². The zero-order valence-electron chi connectivity index (χ0n) is 18.5. The van der Waals surface area contributed by atoms with E-state index in [1.54, 1.807) is 0 Å². The van der Waals surface area contributed by atoms with E-state index >= 15 is 0 Å². The van der Waals surface area contributed by atoms with E-state index in [0.29, 0.717) is 13.1 Å². The van der Waals surface area contributed by atoms with Gasteiger partial charge in [-0.05, 0) is 37.3 Å². The lowest BCUT2D eigenvalue weighted by Crippen LogP contribution is -2.46. The molecule has 1 aliphatic rings. The van der Waals surface area contributed by atoms with E-state index in [-0.39, 0.29) is 24.0 Å². The number of amides is 1. The number of hydrogen-bond donors (Lipinski definition) is 2. The molecule has 0 bridgehead atoms. The average Bonchev–Trinajstić information content (AvgIpc) is 2.76. The van der Waals surface area contributed by atoms with Gasteiger partial charge in [-0.15, -0.1) is 0 Å². The van der Waals surface area contributed by atoms with Crippen molar-refractivity contribution in [1.29, 1.82) is 0 Å². The van der Waals surface area contributed by atoms with Gasteiger partial charge in [-0.2, -0.15) is 0 Å². The minimum Gasteiger partial charge on any atom is -0.383 e. The number of carbonyl (C=O) groups is 1. The Balaban J connectivity index is 1.95. The van der Waals surface area contributed by atoms with Crippen LogP contribution in [0.25, 0.3) is 0 Å². The molecule has 1 aromatic carbocycles. The monoisotopic (exact) mass is 427 g/mol. The maximum atomic E-state index is 13.4. The number of H-pyrrole nitrogens is 1. The average molecular weight is 428 g/mol. The Morgan fingerprint density at radius 3 is 2.65 bits per heavy atom. The van der Waals surface area contributed by atoms with E-state index in [4.69, 9.17) is 5.73 Å². The van der Waals surface area contributed by atoms with Crippen LogP contribution in [0.1, 0.15) is 51.5 Å². The highest BCUT2D eigenvalue weighted by Crippen LogP contribution is 2.27. The van der Waals surface area contributed by atoms with Crippen LogP contribution in [0.3, 0.4) is 0 Å². The van der Waals surface area contributed by atoms with Gasteiger partial charge in [-0.25, -0.2) is 4.79 Å². The van der Waals surface area contributed by atoms with Gasteiger partial charge in [0.2, 0.25) is 5.91 Å². The number of aryl methyl sites for hydroxylation is 1. The summed E-state index contributed by atoms with van der Waals surface area (Å²) in [7, 11) is 0. The number of unbranched alkanes of at least 4 members (excludes halogenated alkanes) is 2. The van der Waals surface area contributed by atoms with Crippen molar-refractivity contribution >= 4 is 23.1 Å². The third-order valence-electron chi connectivity index (χ3n) is 5.79. The van der Waals surface area contributed by atoms with E-state index in [1.165, 1.54) is 15.0 Å². The minimum absolute atomic E-state index is 0.0608. The van der Waals surface area contributed by atoms with E-state index in [2.05, 4.69) is 16.0 Å². The summed E-state index contributed by atoms with van der Waals surface area (Å²) in [6.07, 6.45) is 5.20. The second-order valence-corrected chi connectivity index (χ2v) is 8.05. The first-order valence-corrected chi connectivity index (χ1v) is 11.2. The summed E-state index contributed by atoms with van der Waals surface area (Å²) in [5, 5.41) is 0. The number of nitrogen functional groups attached to an aromatic ring is 1. The van der Waals surface area contributed by atoms with Gasteiger partial charge in [0, 0.05) is 25.3 Å². The van der Waals surface area contributed by atoms with Gasteiger partial charge in [0.25, 0.3) is 5.56 Å². The number of fused-ring (bicyclic) bond motifs is 1. The van der Waals surface area contributed by atoms with E-state index in [1.807, 2.05) is 32.0 Å². The Morgan fingerprint density at radius 1 is 1.16 bits per heavy atom. The Morgan fingerprint density at radius 2 is 1.90 bits per heavy atom. The fraction of sp³-hybridized carbons (Fsp3) is 0.522. The first-order valence-electron chi connectivity index (χ1n) is 11.2. The van der Waals surface area contributed by atoms with Crippen LogP contribution in [0.2, 0.25) is 0 Å². The van der Waals surface area contributed by atoms with Crippen LogP contribution in [0.5, 0.6) is 0 Å². The first kappa shape index (κ1) is 22.7. The number of nitrogens with two attached hydrogens (primary N) is 1. The molecule has 2 aromatic rings. The molecule has 1 amide bonds. The standard InChI is InChI=1S/C23H33N5O3/c1-3-5-14-27(20-21(24)28(15-6-4-2)23(31)25-22(20)30)19(29)16-26-13-9-11-17-10-7-8-12-18(17)26/h7-8,10,12H,3-6,9,11,13-16,24H2,1-2H3,(H,25,30,31). The van der Waals surface area contributed by atoms with Gasteiger partial charge < -0.3 is 15.5 Å². The highest BCUT2D eigenvalue weighted by atomic mass is 16.2. The van der Waals surface area contributed by atoms with Crippen LogP contribution in [-0.4, -0.2) is 35.1 Å². The number of hydrogen-bond acceptors (Lipinski definition) is 5. The molecule has 8 nitrogen and oxygen atoms in total. The molecule has 0 radical (unpaired) electrons. The summed E-state index contributed by atoms with van der Waals surface area (Å²) in [6, 6.07) is 8.11. The lowest BCUT2D eigenvalue weighted by Gasteiger charge is -2.33. The highest BCUT2D eigenvalue weighted by molar-refractivity contribution is 5.98. The van der Waals surface area contributed by atoms with Crippen molar-refractivity contribution < 1.29 is 4.79 Å². The number of anilines is 3. The maximum Gasteiger partial charge on any atom is 0.330 e. The van der Waals surface area contributed by atoms with Crippen molar-refractivity contribution in [1.82, 2.24) is 9.55 Å². The van der Waals surface area contributed by atoms with Crippen molar-refractivity contribution in [3.8, 4) is 0 Å². The molecule has 0 saturated heterocycles. The van der Waals surface area contributed by atoms with Crippen molar-refractivity contribution in [3.05, 3.63) is 50.7 Å². The Kier molecular flexibility index (Phi) is 7.55. The molecule has 0 unspecified atom stereocenters. The molecular weight excluding hydrogens is 394 g/mol. The van der Waals surface area contributed by atoms with Crippen molar-refractivity contribution in [2.75, 3.05) is 35.2 Å². The molecule has 2 heterocycles. The Labute approximate surface area is 182 Å². The zero-order chi connectivity index (χ0) is 22.4. The third kappa shape index (κ3) is 5.00. The van der Waals surface area contributed by atoms with Gasteiger partial charge in [0.05, 0.1) is 6.54 Å². The smallest absolute Gasteiger partial charge is 0.330 e. The van der Waals surface area contributed by atoms with Gasteiger partial charge >= 0.3 is 5.69 Å². The number of aromatic amines is 1. The molecule has 0 saturated carbocycles. The van der Waals surface area contributed by atoms with Crippen molar-refractivity contribution in [3.63, 3.8) is 0 Å². The van der Waals surface area contributed by atoms with E-state index in [0.717, 1.165) is 50.8 Å². The summed E-state index contributed by atoms with van der Waals surface area (Å²) >= 11 is 0. The predicted octanol–water partition coefficient (Wildman–Crippen LogP) is 2.50. The van der Waals surface area contributed by atoms with Crippen LogP contribution in [0.15, 0.2) is 33.9 Å². The molecular formula is C23H33N5O3. The molecule has 1 aliphatic heterocycles. The topological polar surface area (TPSA) is 104 Å². The fourth-order valence-corrected chi connectivity index (χ4v) is 4.08. The van der Waals surface area contributed by atoms with Crippen molar-refractivity contribution in [2.24, 2.45) is 0 Å². The van der Waals surface area contributed by atoms with Gasteiger partial charge in [0.1, 0.15) is 5.82 Å². The number of para-hydroxylation sites is 1. The maximum absolute atomic E-state index is 13.4. The number of aromatic nitrogens is 2. The second-order valence-electron chi connectivity index (χ2n) is 8.05. The third-order valence-corrected chi connectivity index (χ3v) is 5.79. The quantitative estimate of drug-likeness (QED) is 0.640. The highest BCUT2D eigenvalue weighted by Gasteiger charge is 2.27. The summed E-state index contributed by atoms with van der Waals surface area (Å²) in [6.45, 7) is 5.77. The Bertz CT molecular complexity index is 1030. The van der Waals surface area contributed by atoms with E-state index < -0.39 is 11.2 Å². The van der Waals surface area contributed by atoms with Gasteiger partial charge in [0.15, 0.2) is 5.69 Å². The molecule has 31 heavy (non-hydrogen) atoms. The number of nitrogens with zero attached hydrogens (tertiary/aromatic N) is 3. The second kappa shape index (κ2) is 10.3. The predicted molar refractivity (Wildman–Crippen MR) is 125 cm³/mol. The number of carbonyl (C=O) groups excluding carboxylic acids is 1. The van der Waals surface area contributed by atoms with Crippen molar-refractivity contribution in [2.45, 2.75) is 58.9 Å². The van der Waals surface area contributed by atoms with Crippen LogP contribution < -0.4 is 26.8 Å². The van der Waals surface area contributed by atoms with Crippen LogP contribution in [-0.2, 0) is 17.8 Å². The fourth-order valence-electron chi connectivity index (χ4n) is 4.08. The SMILES string of the molecule is CCCCN(C(=O)CN1CCCc2ccccc21)c1c(N)n(CCCC)c(=O)[nH]c1=O. The number of rotatable bonds is 9. The Hall–Kier alpha value is -3.03. The largest absolute Gasteiger partial charge is 0.383 e. The molecule has 3 N–H and O–H groups in total. The molecule has 0 atom stereocenters. The molecule has 3 rings (SSSR count). The summed E-state index contributed by atoms with van der Waals surface area (Å²) in [5.41, 5.74) is 7.51. The van der Waals surface area contributed by atoms with Crippen LogP contribution in [0.4, 0.5) is 17.2 Å². The van der Waals surface area contributed by atoms with E-state index in [9.17, 15) is 14.4 Å². The molecule has 0 fully saturated rings. The molecule has 168 valence electrons. The lowest BCUT2D eigenvalue weighted by molar-refractivity contribution is -0.117. The molecule has 1 aromatic heterocycles. The molecule has 8 heteroatoms. The summed E-state index contributed by atoms with van der Waals surface area (Å²) in [5.74, 6) is -0.131. The van der Waals surface area contributed by atoms with Gasteiger partial charge in [-0.1, -0.05) is 44.9 Å². The summed E-state index contributed by atoms with van der Waals surface area (Å²) in [4.78, 5) is 44.3. The normalized spacial score (nSPS) is 13.2. The minimum atomic E-state index is -0.612. The first-order chi connectivity index (χ1) is 15.0. The van der Waals surface area contributed by atoms with Crippen LogP contribution in [0, 0.1) is 0 Å². The number of nitrogens with one attached hydrogen (secondary N) is 1. The lowest BCUT2D eigenvalue weighted by atomic mass is 10.0. The van der Waals surface area contributed by atoms with Crippen LogP contribution >= 0.6 is 0 Å². The zero-order valence-corrected chi connectivity index (χ0v) is 18.5. The summed E-state index contributed by atoms with van der Waals surface area (Å²) < 4.78 is 1.36. The molecule has 0 aliphatic carbocycles.